The average molecular weight is 258 g/mol. The molecule has 0 aliphatic heterocycles. The summed E-state index contributed by atoms with van der Waals surface area (Å²) in [5, 5.41) is 3.29. The molecule has 0 aliphatic rings. The molecule has 0 saturated heterocycles. The van der Waals surface area contributed by atoms with Crippen LogP contribution in [0.3, 0.4) is 0 Å². The Balaban J connectivity index is 2.68. The molecule has 0 amide bonds. The van der Waals surface area contributed by atoms with Crippen molar-refractivity contribution >= 4 is 21.7 Å². The van der Waals surface area contributed by atoms with E-state index in [9.17, 15) is 0 Å². The second-order valence-electron chi connectivity index (χ2n) is 4.54. The predicted molar refractivity (Wildman–Crippen MR) is 62.4 cm³/mol. The Labute approximate surface area is 93.5 Å². The van der Waals surface area contributed by atoms with E-state index < -0.39 is 0 Å². The van der Waals surface area contributed by atoms with E-state index in [0.29, 0.717) is 0 Å². The van der Waals surface area contributed by atoms with Gasteiger partial charge in [-0.2, -0.15) is 0 Å². The number of hydrogen-bond donors (Lipinski definition) is 1. The summed E-state index contributed by atoms with van der Waals surface area (Å²) in [5.41, 5.74) is 0.255. The van der Waals surface area contributed by atoms with E-state index in [-0.39, 0.29) is 5.41 Å². The largest absolute Gasteiger partial charge is 0.369 e. The fourth-order valence-corrected chi connectivity index (χ4v) is 1.45. The minimum absolute atomic E-state index is 0.255. The summed E-state index contributed by atoms with van der Waals surface area (Å²) in [7, 11) is 0. The fourth-order valence-electron chi connectivity index (χ4n) is 0.978. The van der Waals surface area contributed by atoms with Gasteiger partial charge in [0.25, 0.3) is 0 Å². The number of anilines is 1. The summed E-state index contributed by atoms with van der Waals surface area (Å²) in [6.45, 7) is 9.33. The molecule has 0 unspecified atom stereocenters. The molecule has 14 heavy (non-hydrogen) atoms. The summed E-state index contributed by atoms with van der Waals surface area (Å²) in [6.07, 6.45) is 0. The zero-order chi connectivity index (χ0) is 10.8. The topological polar surface area (TPSA) is 37.8 Å². The standard InChI is InChI=1S/C10H16BrN3/c1-7-13-8(11)5-9(14-7)12-6-10(2,3)4/h5H,6H2,1-4H3,(H,12,13,14). The lowest BCUT2D eigenvalue weighted by Gasteiger charge is -2.19. The van der Waals surface area contributed by atoms with E-state index in [1.807, 2.05) is 13.0 Å². The van der Waals surface area contributed by atoms with Crippen molar-refractivity contribution in [1.29, 1.82) is 0 Å². The molecule has 0 spiro atoms. The van der Waals surface area contributed by atoms with Gasteiger partial charge >= 0.3 is 0 Å². The summed E-state index contributed by atoms with van der Waals surface area (Å²) >= 11 is 3.34. The van der Waals surface area contributed by atoms with Crippen LogP contribution in [0.2, 0.25) is 0 Å². The van der Waals surface area contributed by atoms with Gasteiger partial charge in [0.05, 0.1) is 0 Å². The van der Waals surface area contributed by atoms with Crippen LogP contribution in [-0.4, -0.2) is 16.5 Å². The number of nitrogens with one attached hydrogen (secondary N) is 1. The molecule has 1 heterocycles. The van der Waals surface area contributed by atoms with Gasteiger partial charge in [0, 0.05) is 12.6 Å². The van der Waals surface area contributed by atoms with Gasteiger partial charge < -0.3 is 5.32 Å². The Morgan fingerprint density at radius 1 is 1.36 bits per heavy atom. The van der Waals surface area contributed by atoms with Gasteiger partial charge in [-0.05, 0) is 28.3 Å². The Bertz CT molecular complexity index is 297. The van der Waals surface area contributed by atoms with Crippen LogP contribution in [0, 0.1) is 12.3 Å². The molecule has 0 fully saturated rings. The number of nitrogens with zero attached hydrogens (tertiary/aromatic N) is 2. The first-order valence-electron chi connectivity index (χ1n) is 4.62. The first-order chi connectivity index (χ1) is 6.37. The quantitative estimate of drug-likeness (QED) is 0.828. The Morgan fingerprint density at radius 3 is 2.50 bits per heavy atom. The van der Waals surface area contributed by atoms with Crippen molar-refractivity contribution in [3.8, 4) is 0 Å². The molecule has 0 atom stereocenters. The van der Waals surface area contributed by atoms with Gasteiger partial charge in [-0.3, -0.25) is 0 Å². The van der Waals surface area contributed by atoms with Crippen LogP contribution in [0.5, 0.6) is 0 Å². The fraction of sp³-hybridized carbons (Fsp3) is 0.600. The second-order valence-corrected chi connectivity index (χ2v) is 5.35. The summed E-state index contributed by atoms with van der Waals surface area (Å²) in [5.74, 6) is 1.65. The molecular weight excluding hydrogens is 242 g/mol. The lowest BCUT2D eigenvalue weighted by atomic mass is 9.97. The summed E-state index contributed by atoms with van der Waals surface area (Å²) in [4.78, 5) is 8.43. The molecule has 0 aromatic carbocycles. The highest BCUT2D eigenvalue weighted by Crippen LogP contribution is 2.16. The van der Waals surface area contributed by atoms with Gasteiger partial charge in [-0.25, -0.2) is 9.97 Å². The predicted octanol–water partition coefficient (Wildman–Crippen LogP) is 3.01. The van der Waals surface area contributed by atoms with E-state index in [2.05, 4.69) is 52.0 Å². The van der Waals surface area contributed by atoms with Crippen LogP contribution in [0.25, 0.3) is 0 Å². The zero-order valence-electron chi connectivity index (χ0n) is 9.06. The molecule has 4 heteroatoms. The van der Waals surface area contributed by atoms with Gasteiger partial charge in [0.1, 0.15) is 16.2 Å². The molecule has 78 valence electrons. The first kappa shape index (κ1) is 11.4. The second kappa shape index (κ2) is 4.26. The Hall–Kier alpha value is -0.640. The maximum absolute atomic E-state index is 4.28. The third-order valence-corrected chi connectivity index (χ3v) is 2.01. The van der Waals surface area contributed by atoms with Crippen LogP contribution in [-0.2, 0) is 0 Å². The lowest BCUT2D eigenvalue weighted by Crippen LogP contribution is -2.19. The van der Waals surface area contributed by atoms with Crippen LogP contribution in [0.4, 0.5) is 5.82 Å². The maximum Gasteiger partial charge on any atom is 0.130 e. The van der Waals surface area contributed by atoms with Gasteiger partial charge in [-0.1, -0.05) is 20.8 Å². The molecule has 1 aromatic rings. The van der Waals surface area contributed by atoms with Crippen molar-refractivity contribution in [3.63, 3.8) is 0 Å². The van der Waals surface area contributed by atoms with Gasteiger partial charge in [0.2, 0.25) is 0 Å². The lowest BCUT2D eigenvalue weighted by molar-refractivity contribution is 0.442. The van der Waals surface area contributed by atoms with E-state index in [0.717, 1.165) is 22.8 Å². The van der Waals surface area contributed by atoms with E-state index in [1.54, 1.807) is 0 Å². The number of aromatic nitrogens is 2. The molecule has 3 nitrogen and oxygen atoms in total. The van der Waals surface area contributed by atoms with Crippen molar-refractivity contribution in [2.75, 3.05) is 11.9 Å². The van der Waals surface area contributed by atoms with Crippen molar-refractivity contribution in [3.05, 3.63) is 16.5 Å². The number of hydrogen-bond acceptors (Lipinski definition) is 3. The number of halogens is 1. The molecule has 0 aliphatic carbocycles. The number of rotatable bonds is 2. The highest BCUT2D eigenvalue weighted by Gasteiger charge is 2.10. The highest BCUT2D eigenvalue weighted by molar-refractivity contribution is 9.10. The highest BCUT2D eigenvalue weighted by atomic mass is 79.9. The Kier molecular flexibility index (Phi) is 3.48. The molecule has 1 rings (SSSR count). The third kappa shape index (κ3) is 4.05. The van der Waals surface area contributed by atoms with Crippen LogP contribution in [0.15, 0.2) is 10.7 Å². The molecule has 0 saturated carbocycles. The van der Waals surface area contributed by atoms with E-state index in [4.69, 9.17) is 0 Å². The molecule has 0 bridgehead atoms. The minimum Gasteiger partial charge on any atom is -0.369 e. The Morgan fingerprint density at radius 2 is 2.00 bits per heavy atom. The van der Waals surface area contributed by atoms with Crippen molar-refractivity contribution in [2.45, 2.75) is 27.7 Å². The smallest absolute Gasteiger partial charge is 0.130 e. The molecule has 1 aromatic heterocycles. The van der Waals surface area contributed by atoms with Crippen LogP contribution >= 0.6 is 15.9 Å². The monoisotopic (exact) mass is 257 g/mol. The van der Waals surface area contributed by atoms with Crippen molar-refractivity contribution in [1.82, 2.24) is 9.97 Å². The van der Waals surface area contributed by atoms with Gasteiger partial charge in [0.15, 0.2) is 0 Å². The summed E-state index contributed by atoms with van der Waals surface area (Å²) < 4.78 is 0.821. The van der Waals surface area contributed by atoms with E-state index >= 15 is 0 Å². The normalized spacial score (nSPS) is 11.5. The minimum atomic E-state index is 0.255. The van der Waals surface area contributed by atoms with Crippen molar-refractivity contribution < 1.29 is 0 Å². The van der Waals surface area contributed by atoms with Crippen molar-refractivity contribution in [2.24, 2.45) is 5.41 Å². The van der Waals surface area contributed by atoms with Gasteiger partial charge in [-0.15, -0.1) is 0 Å². The average Bonchev–Trinajstić information content (AvgIpc) is 1.97. The van der Waals surface area contributed by atoms with Crippen LogP contribution < -0.4 is 5.32 Å². The zero-order valence-corrected chi connectivity index (χ0v) is 10.6. The summed E-state index contributed by atoms with van der Waals surface area (Å²) in [6, 6.07) is 1.89. The molecule has 0 radical (unpaired) electrons. The number of aryl methyl sites for hydroxylation is 1. The molecule has 1 N–H and O–H groups in total. The van der Waals surface area contributed by atoms with Crippen LogP contribution in [0.1, 0.15) is 26.6 Å². The van der Waals surface area contributed by atoms with E-state index in [1.165, 1.54) is 0 Å². The maximum atomic E-state index is 4.28. The molecular formula is C10H16BrN3. The third-order valence-electron chi connectivity index (χ3n) is 1.61. The SMILES string of the molecule is Cc1nc(Br)cc(NCC(C)(C)C)n1. The first-order valence-corrected chi connectivity index (χ1v) is 5.41.